The topological polar surface area (TPSA) is 63.1 Å². The van der Waals surface area contributed by atoms with Crippen LogP contribution < -0.4 is 0 Å². The lowest BCUT2D eigenvalue weighted by Crippen LogP contribution is -2.01. The van der Waals surface area contributed by atoms with Crippen LogP contribution in [0.25, 0.3) is 11.1 Å². The van der Waals surface area contributed by atoms with E-state index in [-0.39, 0.29) is 11.5 Å². The van der Waals surface area contributed by atoms with E-state index in [4.69, 9.17) is 0 Å². The first-order valence-corrected chi connectivity index (χ1v) is 7.90. The summed E-state index contributed by atoms with van der Waals surface area (Å²) in [5.74, 6) is 0.160. The summed E-state index contributed by atoms with van der Waals surface area (Å²) in [7, 11) is 0. The minimum Gasteiger partial charge on any atom is -0.507 e. The average molecular weight is 359 g/mol. The first kappa shape index (κ1) is 14.9. The van der Waals surface area contributed by atoms with E-state index in [0.717, 1.165) is 46.1 Å². The van der Waals surface area contributed by atoms with E-state index in [1.807, 2.05) is 12.1 Å². The van der Waals surface area contributed by atoms with E-state index in [9.17, 15) is 9.90 Å². The zero-order valence-corrected chi connectivity index (χ0v) is 13.7. The normalized spacial score (nSPS) is 14.5. The molecule has 2 aromatic rings. The standard InChI is InChI=1S/C17H15BrN2O2/c1-10(21)15-8-19-9-16(20-15)13-4-2-3-12(13)14-7-11(18)5-6-17(14)22/h5-9,22H,2-4H2,1H3. The Morgan fingerprint density at radius 2 is 2.00 bits per heavy atom. The number of benzene rings is 1. The number of carbonyl (C=O) groups is 1. The van der Waals surface area contributed by atoms with Gasteiger partial charge in [-0.05, 0) is 48.6 Å². The third-order valence-electron chi connectivity index (χ3n) is 3.81. The van der Waals surface area contributed by atoms with Gasteiger partial charge < -0.3 is 5.11 Å². The minimum absolute atomic E-state index is 0.0974. The predicted octanol–water partition coefficient (Wildman–Crippen LogP) is 4.24. The quantitative estimate of drug-likeness (QED) is 0.833. The van der Waals surface area contributed by atoms with Crippen LogP contribution in [0.1, 0.15) is 47.9 Å². The van der Waals surface area contributed by atoms with Crippen LogP contribution in [-0.2, 0) is 0 Å². The van der Waals surface area contributed by atoms with E-state index >= 15 is 0 Å². The van der Waals surface area contributed by atoms with Crippen molar-refractivity contribution in [1.82, 2.24) is 9.97 Å². The first-order valence-electron chi connectivity index (χ1n) is 7.10. The van der Waals surface area contributed by atoms with Gasteiger partial charge in [-0.15, -0.1) is 0 Å². The van der Waals surface area contributed by atoms with Crippen molar-refractivity contribution in [3.8, 4) is 5.75 Å². The van der Waals surface area contributed by atoms with E-state index in [2.05, 4.69) is 25.9 Å². The molecular formula is C17H15BrN2O2. The Kier molecular flexibility index (Phi) is 4.07. The summed E-state index contributed by atoms with van der Waals surface area (Å²) < 4.78 is 0.919. The Morgan fingerprint density at radius 3 is 2.77 bits per heavy atom. The van der Waals surface area contributed by atoms with Gasteiger partial charge in [0.2, 0.25) is 0 Å². The number of aromatic hydroxyl groups is 1. The van der Waals surface area contributed by atoms with Crippen molar-refractivity contribution in [2.24, 2.45) is 0 Å². The maximum Gasteiger partial charge on any atom is 0.179 e. The second-order valence-electron chi connectivity index (χ2n) is 5.32. The number of ketones is 1. The van der Waals surface area contributed by atoms with Gasteiger partial charge in [0.25, 0.3) is 0 Å². The summed E-state index contributed by atoms with van der Waals surface area (Å²) >= 11 is 3.44. The number of halogens is 1. The van der Waals surface area contributed by atoms with Crippen LogP contribution in [-0.4, -0.2) is 20.9 Å². The minimum atomic E-state index is -0.0974. The molecule has 0 fully saturated rings. The maximum atomic E-state index is 11.5. The van der Waals surface area contributed by atoms with Crippen LogP contribution >= 0.6 is 15.9 Å². The van der Waals surface area contributed by atoms with Crippen molar-refractivity contribution >= 4 is 32.9 Å². The molecule has 0 bridgehead atoms. The van der Waals surface area contributed by atoms with Crippen molar-refractivity contribution in [3.05, 3.63) is 52.0 Å². The van der Waals surface area contributed by atoms with Gasteiger partial charge in [0.05, 0.1) is 18.1 Å². The van der Waals surface area contributed by atoms with E-state index in [1.54, 1.807) is 12.3 Å². The number of phenols is 1. The Hall–Kier alpha value is -2.01. The van der Waals surface area contributed by atoms with Gasteiger partial charge in [-0.25, -0.2) is 4.98 Å². The number of carbonyl (C=O) groups excluding carboxylic acids is 1. The van der Waals surface area contributed by atoms with Crippen molar-refractivity contribution in [3.63, 3.8) is 0 Å². The van der Waals surface area contributed by atoms with Crippen LogP contribution in [0, 0.1) is 0 Å². The van der Waals surface area contributed by atoms with E-state index in [0.29, 0.717) is 5.69 Å². The number of rotatable bonds is 3. The fourth-order valence-electron chi connectivity index (χ4n) is 2.75. The van der Waals surface area contributed by atoms with Gasteiger partial charge in [0.15, 0.2) is 5.78 Å². The summed E-state index contributed by atoms with van der Waals surface area (Å²) in [5, 5.41) is 10.2. The lowest BCUT2D eigenvalue weighted by atomic mass is 9.99. The number of hydrogen-bond donors (Lipinski definition) is 1. The molecule has 0 saturated heterocycles. The molecule has 0 amide bonds. The zero-order chi connectivity index (χ0) is 15.7. The van der Waals surface area contributed by atoms with E-state index < -0.39 is 0 Å². The summed E-state index contributed by atoms with van der Waals surface area (Å²) in [6.45, 7) is 1.48. The average Bonchev–Trinajstić information content (AvgIpc) is 2.99. The molecule has 1 N–H and O–H groups in total. The number of phenolic OH excluding ortho intramolecular Hbond substituents is 1. The SMILES string of the molecule is CC(=O)c1cncc(C2=C(c3cc(Br)ccc3O)CCC2)n1. The molecule has 1 aliphatic carbocycles. The molecule has 0 atom stereocenters. The predicted molar refractivity (Wildman–Crippen MR) is 88.5 cm³/mol. The van der Waals surface area contributed by atoms with Crippen LogP contribution in [0.4, 0.5) is 0 Å². The summed E-state index contributed by atoms with van der Waals surface area (Å²) in [6.07, 6.45) is 5.92. The fourth-order valence-corrected chi connectivity index (χ4v) is 3.12. The molecule has 0 saturated carbocycles. The fraction of sp³-hybridized carbons (Fsp3) is 0.235. The largest absolute Gasteiger partial charge is 0.507 e. The third-order valence-corrected chi connectivity index (χ3v) is 4.30. The van der Waals surface area contributed by atoms with Crippen molar-refractivity contribution in [2.45, 2.75) is 26.2 Å². The lowest BCUT2D eigenvalue weighted by Gasteiger charge is -2.10. The number of Topliss-reactive ketones (excluding diaryl/α,β-unsaturated/α-hetero) is 1. The van der Waals surface area contributed by atoms with Crippen LogP contribution in [0.15, 0.2) is 35.1 Å². The Morgan fingerprint density at radius 1 is 1.23 bits per heavy atom. The van der Waals surface area contributed by atoms with Crippen molar-refractivity contribution in [2.75, 3.05) is 0 Å². The highest BCUT2D eigenvalue weighted by Gasteiger charge is 2.21. The zero-order valence-electron chi connectivity index (χ0n) is 12.1. The lowest BCUT2D eigenvalue weighted by molar-refractivity contribution is 0.101. The molecule has 3 rings (SSSR count). The molecule has 1 heterocycles. The molecule has 0 radical (unpaired) electrons. The molecule has 0 unspecified atom stereocenters. The number of allylic oxidation sites excluding steroid dienone is 2. The number of hydrogen-bond acceptors (Lipinski definition) is 4. The highest BCUT2D eigenvalue weighted by atomic mass is 79.9. The summed E-state index contributed by atoms with van der Waals surface area (Å²) in [4.78, 5) is 20.0. The van der Waals surface area contributed by atoms with Gasteiger partial charge in [0, 0.05) is 17.0 Å². The van der Waals surface area contributed by atoms with Crippen LogP contribution in [0.5, 0.6) is 5.75 Å². The smallest absolute Gasteiger partial charge is 0.179 e. The molecule has 5 heteroatoms. The second kappa shape index (κ2) is 6.01. The molecule has 0 spiro atoms. The highest BCUT2D eigenvalue weighted by molar-refractivity contribution is 9.10. The molecule has 112 valence electrons. The van der Waals surface area contributed by atoms with Gasteiger partial charge in [-0.1, -0.05) is 15.9 Å². The molecule has 22 heavy (non-hydrogen) atoms. The van der Waals surface area contributed by atoms with Crippen LogP contribution in [0.2, 0.25) is 0 Å². The van der Waals surface area contributed by atoms with Gasteiger partial charge >= 0.3 is 0 Å². The number of aromatic nitrogens is 2. The van der Waals surface area contributed by atoms with Crippen molar-refractivity contribution in [1.29, 1.82) is 0 Å². The van der Waals surface area contributed by atoms with Crippen molar-refractivity contribution < 1.29 is 9.90 Å². The molecular weight excluding hydrogens is 344 g/mol. The first-order chi connectivity index (χ1) is 10.6. The third kappa shape index (κ3) is 2.81. The molecule has 1 aromatic heterocycles. The Balaban J connectivity index is 2.13. The second-order valence-corrected chi connectivity index (χ2v) is 6.23. The van der Waals surface area contributed by atoms with Crippen LogP contribution in [0.3, 0.4) is 0 Å². The molecule has 1 aromatic carbocycles. The number of nitrogens with zero attached hydrogens (tertiary/aromatic N) is 2. The highest BCUT2D eigenvalue weighted by Crippen LogP contribution is 2.42. The van der Waals surface area contributed by atoms with Gasteiger partial charge in [-0.2, -0.15) is 0 Å². The Labute approximate surface area is 137 Å². The summed E-state index contributed by atoms with van der Waals surface area (Å²) in [6, 6.07) is 5.41. The maximum absolute atomic E-state index is 11.5. The van der Waals surface area contributed by atoms with Gasteiger partial charge in [0.1, 0.15) is 11.4 Å². The van der Waals surface area contributed by atoms with Gasteiger partial charge in [-0.3, -0.25) is 9.78 Å². The molecule has 0 aliphatic heterocycles. The summed E-state index contributed by atoms with van der Waals surface area (Å²) in [5.41, 5.74) is 4.05. The monoisotopic (exact) mass is 358 g/mol. The Bertz CT molecular complexity index is 784. The molecule has 1 aliphatic rings. The van der Waals surface area contributed by atoms with E-state index in [1.165, 1.54) is 13.1 Å². The molecule has 4 nitrogen and oxygen atoms in total.